The maximum absolute atomic E-state index is 10.7. The number of ether oxygens (including phenoxy) is 4. The lowest BCUT2D eigenvalue weighted by atomic mass is 10.0. The minimum atomic E-state index is -1.22. The lowest BCUT2D eigenvalue weighted by molar-refractivity contribution is -0.00174. The Balaban J connectivity index is 2.37. The van der Waals surface area contributed by atoms with Gasteiger partial charge >= 0.3 is 0 Å². The Hall–Kier alpha value is -2.94. The fourth-order valence-corrected chi connectivity index (χ4v) is 2.75. The molecule has 0 aliphatic rings. The molecular weight excluding hydrogens is 380 g/mol. The Labute approximate surface area is 169 Å². The SMILES string of the molecule is COc1cc([C@H](O)[C@@H](CO)Oc2c(OC)cc(C=CCO)cc2OC)ccc1O. The third-order valence-corrected chi connectivity index (χ3v) is 4.25. The predicted molar refractivity (Wildman–Crippen MR) is 107 cm³/mol. The predicted octanol–water partition coefficient (Wildman–Crippen LogP) is 1.90. The molecule has 0 fully saturated rings. The number of methoxy groups -OCH3 is 3. The van der Waals surface area contributed by atoms with E-state index in [2.05, 4.69) is 0 Å². The number of aliphatic hydroxyl groups is 3. The van der Waals surface area contributed by atoms with Crippen LogP contribution in [-0.4, -0.2) is 61.1 Å². The zero-order valence-electron chi connectivity index (χ0n) is 16.5. The van der Waals surface area contributed by atoms with Crippen LogP contribution in [0.25, 0.3) is 6.08 Å². The first-order chi connectivity index (χ1) is 14.0. The van der Waals surface area contributed by atoms with E-state index in [1.807, 2.05) is 0 Å². The molecule has 29 heavy (non-hydrogen) atoms. The average molecular weight is 406 g/mol. The summed E-state index contributed by atoms with van der Waals surface area (Å²) < 4.78 is 21.7. The number of hydrogen-bond acceptors (Lipinski definition) is 8. The van der Waals surface area contributed by atoms with Crippen molar-refractivity contribution in [3.05, 3.63) is 47.5 Å². The number of benzene rings is 2. The standard InChI is InChI=1S/C21H26O8/c1-26-16-11-14(6-7-15(16)24)20(25)19(12-23)29-21-17(27-2)9-13(5-4-8-22)10-18(21)28-3/h4-7,9-11,19-20,22-25H,8,12H2,1-3H3/t19-,20+/m1/s1. The summed E-state index contributed by atoms with van der Waals surface area (Å²) in [5.41, 5.74) is 1.10. The number of phenols is 1. The van der Waals surface area contributed by atoms with Crippen molar-refractivity contribution >= 4 is 6.08 Å². The number of hydrogen-bond donors (Lipinski definition) is 4. The van der Waals surface area contributed by atoms with Gasteiger partial charge in [0.25, 0.3) is 0 Å². The van der Waals surface area contributed by atoms with Gasteiger partial charge < -0.3 is 39.4 Å². The van der Waals surface area contributed by atoms with Gasteiger partial charge in [-0.25, -0.2) is 0 Å². The van der Waals surface area contributed by atoms with E-state index < -0.39 is 18.8 Å². The summed E-state index contributed by atoms with van der Waals surface area (Å²) in [5.74, 6) is 0.986. The second-order valence-corrected chi connectivity index (χ2v) is 6.05. The molecule has 158 valence electrons. The highest BCUT2D eigenvalue weighted by atomic mass is 16.6. The highest BCUT2D eigenvalue weighted by Crippen LogP contribution is 2.41. The monoisotopic (exact) mass is 406 g/mol. The summed E-state index contributed by atoms with van der Waals surface area (Å²) in [6.45, 7) is -0.611. The minimum absolute atomic E-state index is 0.0696. The smallest absolute Gasteiger partial charge is 0.204 e. The molecule has 0 spiro atoms. The lowest BCUT2D eigenvalue weighted by Crippen LogP contribution is -2.29. The molecule has 0 bridgehead atoms. The van der Waals surface area contributed by atoms with Gasteiger partial charge in [-0.3, -0.25) is 0 Å². The second kappa shape index (κ2) is 10.6. The van der Waals surface area contributed by atoms with Gasteiger partial charge in [-0.2, -0.15) is 0 Å². The van der Waals surface area contributed by atoms with E-state index in [4.69, 9.17) is 24.1 Å². The van der Waals surface area contributed by atoms with Crippen LogP contribution in [0.15, 0.2) is 36.4 Å². The van der Waals surface area contributed by atoms with Gasteiger partial charge in [0.15, 0.2) is 29.1 Å². The Bertz CT molecular complexity index is 808. The van der Waals surface area contributed by atoms with Crippen molar-refractivity contribution in [2.24, 2.45) is 0 Å². The zero-order chi connectivity index (χ0) is 21.4. The topological polar surface area (TPSA) is 118 Å². The van der Waals surface area contributed by atoms with Crippen LogP contribution in [-0.2, 0) is 0 Å². The van der Waals surface area contributed by atoms with Gasteiger partial charge in [0.05, 0.1) is 34.5 Å². The van der Waals surface area contributed by atoms with Crippen molar-refractivity contribution in [1.82, 2.24) is 0 Å². The van der Waals surface area contributed by atoms with Crippen molar-refractivity contribution in [3.8, 4) is 28.7 Å². The van der Waals surface area contributed by atoms with Crippen LogP contribution >= 0.6 is 0 Å². The first-order valence-electron chi connectivity index (χ1n) is 8.84. The van der Waals surface area contributed by atoms with E-state index in [1.165, 1.54) is 39.5 Å². The van der Waals surface area contributed by atoms with Crippen molar-refractivity contribution in [2.75, 3.05) is 34.5 Å². The highest BCUT2D eigenvalue weighted by Gasteiger charge is 2.26. The van der Waals surface area contributed by atoms with Crippen LogP contribution in [0, 0.1) is 0 Å². The molecule has 0 amide bonds. The molecule has 0 radical (unpaired) electrons. The first kappa shape index (κ1) is 22.4. The molecule has 8 nitrogen and oxygen atoms in total. The molecule has 4 N–H and O–H groups in total. The number of phenolic OH excluding ortho intramolecular Hbond substituents is 1. The van der Waals surface area contributed by atoms with E-state index in [0.717, 1.165) is 0 Å². The van der Waals surface area contributed by atoms with Gasteiger partial charge in [-0.05, 0) is 35.4 Å². The Morgan fingerprint density at radius 1 is 0.931 bits per heavy atom. The quantitative estimate of drug-likeness (QED) is 0.473. The summed E-state index contributed by atoms with van der Waals surface area (Å²) in [6.07, 6.45) is 0.979. The van der Waals surface area contributed by atoms with E-state index in [9.17, 15) is 15.3 Å². The van der Waals surface area contributed by atoms with E-state index in [-0.39, 0.29) is 23.9 Å². The summed E-state index contributed by atoms with van der Waals surface area (Å²) in [7, 11) is 4.31. The van der Waals surface area contributed by atoms with Crippen molar-refractivity contribution in [3.63, 3.8) is 0 Å². The summed E-state index contributed by atoms with van der Waals surface area (Å²) >= 11 is 0. The van der Waals surface area contributed by atoms with Gasteiger partial charge in [-0.15, -0.1) is 0 Å². The molecule has 0 saturated carbocycles. The Morgan fingerprint density at radius 3 is 2.07 bits per heavy atom. The summed E-state index contributed by atoms with van der Waals surface area (Å²) in [5, 5.41) is 39.2. The van der Waals surface area contributed by atoms with Crippen molar-refractivity contribution < 1.29 is 39.4 Å². The van der Waals surface area contributed by atoms with E-state index in [1.54, 1.807) is 24.3 Å². The Kier molecular flexibility index (Phi) is 8.14. The third-order valence-electron chi connectivity index (χ3n) is 4.25. The average Bonchev–Trinajstić information content (AvgIpc) is 2.75. The molecule has 0 unspecified atom stereocenters. The van der Waals surface area contributed by atoms with E-state index >= 15 is 0 Å². The molecule has 2 aromatic rings. The highest BCUT2D eigenvalue weighted by molar-refractivity contribution is 5.62. The third kappa shape index (κ3) is 5.32. The fraction of sp³-hybridized carbons (Fsp3) is 0.333. The second-order valence-electron chi connectivity index (χ2n) is 6.05. The van der Waals surface area contributed by atoms with Gasteiger partial charge in [0, 0.05) is 0 Å². The first-order valence-corrected chi connectivity index (χ1v) is 8.84. The Morgan fingerprint density at radius 2 is 1.55 bits per heavy atom. The molecule has 2 aromatic carbocycles. The molecule has 0 heterocycles. The van der Waals surface area contributed by atoms with Crippen LogP contribution < -0.4 is 18.9 Å². The lowest BCUT2D eigenvalue weighted by Gasteiger charge is -2.25. The van der Waals surface area contributed by atoms with Crippen LogP contribution in [0.1, 0.15) is 17.2 Å². The molecular formula is C21H26O8. The van der Waals surface area contributed by atoms with Crippen LogP contribution in [0.4, 0.5) is 0 Å². The summed E-state index contributed by atoms with van der Waals surface area (Å²) in [6, 6.07) is 7.70. The zero-order valence-corrected chi connectivity index (χ0v) is 16.5. The molecule has 2 rings (SSSR count). The van der Waals surface area contributed by atoms with Crippen LogP contribution in [0.2, 0.25) is 0 Å². The van der Waals surface area contributed by atoms with Gasteiger partial charge in [0.1, 0.15) is 6.10 Å². The normalized spacial score (nSPS) is 13.2. The number of aliphatic hydroxyl groups excluding tert-OH is 3. The van der Waals surface area contributed by atoms with Gasteiger partial charge in [-0.1, -0.05) is 18.2 Å². The number of rotatable bonds is 10. The summed E-state index contributed by atoms with van der Waals surface area (Å²) in [4.78, 5) is 0. The van der Waals surface area contributed by atoms with Crippen molar-refractivity contribution in [2.45, 2.75) is 12.2 Å². The molecule has 8 heteroatoms. The molecule has 0 aliphatic heterocycles. The van der Waals surface area contributed by atoms with Crippen molar-refractivity contribution in [1.29, 1.82) is 0 Å². The fourth-order valence-electron chi connectivity index (χ4n) is 2.75. The maximum Gasteiger partial charge on any atom is 0.204 e. The maximum atomic E-state index is 10.7. The number of aromatic hydroxyl groups is 1. The van der Waals surface area contributed by atoms with Crippen LogP contribution in [0.3, 0.4) is 0 Å². The molecule has 0 saturated heterocycles. The van der Waals surface area contributed by atoms with Gasteiger partial charge in [0.2, 0.25) is 5.75 Å². The minimum Gasteiger partial charge on any atom is -0.504 e. The van der Waals surface area contributed by atoms with E-state index in [0.29, 0.717) is 22.6 Å². The molecule has 0 aromatic heterocycles. The largest absolute Gasteiger partial charge is 0.504 e. The van der Waals surface area contributed by atoms with Crippen LogP contribution in [0.5, 0.6) is 28.7 Å². The molecule has 0 aliphatic carbocycles. The molecule has 2 atom stereocenters.